The molecule has 1 rings (SSSR count). The third-order valence-electron chi connectivity index (χ3n) is 1.75. The third-order valence-corrected chi connectivity index (χ3v) is 1.75. The Balaban J connectivity index is 3.05. The molecule has 0 aliphatic rings. The van der Waals surface area contributed by atoms with Crippen molar-refractivity contribution in [1.82, 2.24) is 0 Å². The highest BCUT2D eigenvalue weighted by Gasteiger charge is 2.33. The number of hydrogen-bond acceptors (Lipinski definition) is 2. The van der Waals surface area contributed by atoms with Gasteiger partial charge in [-0.3, -0.25) is 0 Å². The van der Waals surface area contributed by atoms with Gasteiger partial charge >= 0.3 is 12.1 Å². The highest BCUT2D eigenvalue weighted by molar-refractivity contribution is 5.85. The number of benzene rings is 1. The molecule has 0 radical (unpaired) electrons. The summed E-state index contributed by atoms with van der Waals surface area (Å²) < 4.78 is 36.7. The van der Waals surface area contributed by atoms with E-state index in [-0.39, 0.29) is 5.56 Å². The molecule has 0 unspecified atom stereocenters. The molecule has 0 saturated carbocycles. The van der Waals surface area contributed by atoms with Crippen LogP contribution in [0.15, 0.2) is 24.3 Å². The van der Waals surface area contributed by atoms with E-state index in [1.165, 1.54) is 0 Å². The minimum Gasteiger partial charge on any atom is -0.507 e. The number of alkyl halides is 3. The lowest BCUT2D eigenvalue weighted by atomic mass is 10.1. The predicted molar refractivity (Wildman–Crippen MR) is 49.8 cm³/mol. The van der Waals surface area contributed by atoms with Crippen molar-refractivity contribution in [1.29, 1.82) is 0 Å². The zero-order valence-corrected chi connectivity index (χ0v) is 7.82. The van der Waals surface area contributed by atoms with E-state index in [4.69, 9.17) is 10.2 Å². The van der Waals surface area contributed by atoms with Gasteiger partial charge in [0, 0.05) is 6.08 Å². The maximum atomic E-state index is 12.2. The molecule has 0 fully saturated rings. The second kappa shape index (κ2) is 4.26. The van der Waals surface area contributed by atoms with Crippen molar-refractivity contribution in [3.8, 4) is 5.75 Å². The molecule has 0 aliphatic carbocycles. The summed E-state index contributed by atoms with van der Waals surface area (Å²) in [5.74, 6) is -2.15. The first kappa shape index (κ1) is 12.1. The third kappa shape index (κ3) is 3.01. The van der Waals surface area contributed by atoms with Gasteiger partial charge in [-0.05, 0) is 23.8 Å². The maximum absolute atomic E-state index is 12.2. The Hall–Kier alpha value is -1.98. The van der Waals surface area contributed by atoms with Crippen molar-refractivity contribution in [2.45, 2.75) is 6.18 Å². The molecule has 1 aromatic carbocycles. The van der Waals surface area contributed by atoms with Gasteiger partial charge in [0.25, 0.3) is 0 Å². The van der Waals surface area contributed by atoms with Gasteiger partial charge in [-0.2, -0.15) is 13.2 Å². The SMILES string of the molecule is O=C(O)/C=C/c1ccc(C(F)(F)F)c(O)c1. The minimum atomic E-state index is -4.63. The van der Waals surface area contributed by atoms with Gasteiger partial charge in [0.05, 0.1) is 5.56 Å². The number of aliphatic carboxylic acids is 1. The van der Waals surface area contributed by atoms with Crippen LogP contribution in [0, 0.1) is 0 Å². The highest BCUT2D eigenvalue weighted by atomic mass is 19.4. The Labute approximate surface area is 88.4 Å². The number of carbonyl (C=O) groups is 1. The quantitative estimate of drug-likeness (QED) is 0.770. The molecule has 0 aliphatic heterocycles. The van der Waals surface area contributed by atoms with Crippen LogP contribution >= 0.6 is 0 Å². The molecular formula is C10H7F3O3. The fourth-order valence-electron chi connectivity index (χ4n) is 1.06. The van der Waals surface area contributed by atoms with E-state index in [9.17, 15) is 18.0 Å². The summed E-state index contributed by atoms with van der Waals surface area (Å²) >= 11 is 0. The van der Waals surface area contributed by atoms with Gasteiger partial charge in [0.2, 0.25) is 0 Å². The molecule has 1 aromatic rings. The number of rotatable bonds is 2. The maximum Gasteiger partial charge on any atom is 0.419 e. The van der Waals surface area contributed by atoms with E-state index in [0.717, 1.165) is 24.3 Å². The average molecular weight is 232 g/mol. The molecule has 2 N–H and O–H groups in total. The monoisotopic (exact) mass is 232 g/mol. The van der Waals surface area contributed by atoms with Crippen LogP contribution in [0.2, 0.25) is 0 Å². The summed E-state index contributed by atoms with van der Waals surface area (Å²) in [7, 11) is 0. The lowest BCUT2D eigenvalue weighted by Gasteiger charge is -2.08. The second-order valence-corrected chi connectivity index (χ2v) is 2.95. The lowest BCUT2D eigenvalue weighted by molar-refractivity contribution is -0.138. The molecular weight excluding hydrogens is 225 g/mol. The number of hydrogen-bond donors (Lipinski definition) is 2. The van der Waals surface area contributed by atoms with Crippen LogP contribution < -0.4 is 0 Å². The number of phenolic OH excluding ortho intramolecular Hbond substituents is 1. The van der Waals surface area contributed by atoms with E-state index in [1.807, 2.05) is 0 Å². The Morgan fingerprint density at radius 1 is 1.31 bits per heavy atom. The summed E-state index contributed by atoms with van der Waals surface area (Å²) in [6, 6.07) is 2.61. The van der Waals surface area contributed by atoms with Crippen molar-refractivity contribution >= 4 is 12.0 Å². The van der Waals surface area contributed by atoms with Crippen LogP contribution in [-0.2, 0) is 11.0 Å². The number of aromatic hydroxyl groups is 1. The molecule has 0 spiro atoms. The van der Waals surface area contributed by atoms with E-state index in [2.05, 4.69) is 0 Å². The van der Waals surface area contributed by atoms with Gasteiger partial charge in [0.15, 0.2) is 0 Å². The molecule has 0 amide bonds. The van der Waals surface area contributed by atoms with Gasteiger partial charge < -0.3 is 10.2 Å². The first-order valence-corrected chi connectivity index (χ1v) is 4.12. The predicted octanol–water partition coefficient (Wildman–Crippen LogP) is 2.51. The summed E-state index contributed by atoms with van der Waals surface area (Å²) in [5, 5.41) is 17.4. The van der Waals surface area contributed by atoms with E-state index < -0.39 is 23.5 Å². The Morgan fingerprint density at radius 2 is 1.94 bits per heavy atom. The fourth-order valence-corrected chi connectivity index (χ4v) is 1.06. The lowest BCUT2D eigenvalue weighted by Crippen LogP contribution is -2.04. The van der Waals surface area contributed by atoms with Crippen molar-refractivity contribution in [2.75, 3.05) is 0 Å². The smallest absolute Gasteiger partial charge is 0.419 e. The summed E-state index contributed by atoms with van der Waals surface area (Å²) in [6.07, 6.45) is -2.77. The fraction of sp³-hybridized carbons (Fsp3) is 0.100. The Bertz CT molecular complexity index is 435. The van der Waals surface area contributed by atoms with Crippen LogP contribution in [0.25, 0.3) is 6.08 Å². The summed E-state index contributed by atoms with van der Waals surface area (Å²) in [4.78, 5) is 10.2. The van der Waals surface area contributed by atoms with Gasteiger partial charge in [-0.25, -0.2) is 4.79 Å². The van der Waals surface area contributed by atoms with E-state index in [1.54, 1.807) is 0 Å². The standard InChI is InChI=1S/C10H7F3O3/c11-10(12,13)7-3-1-6(5-8(7)14)2-4-9(15)16/h1-5,14H,(H,15,16)/b4-2+. The zero-order valence-electron chi connectivity index (χ0n) is 7.82. The van der Waals surface area contributed by atoms with Crippen molar-refractivity contribution < 1.29 is 28.2 Å². The first-order chi connectivity index (χ1) is 7.30. The van der Waals surface area contributed by atoms with E-state index >= 15 is 0 Å². The minimum absolute atomic E-state index is 0.174. The van der Waals surface area contributed by atoms with Crippen molar-refractivity contribution in [3.05, 3.63) is 35.4 Å². The van der Waals surface area contributed by atoms with Gasteiger partial charge in [-0.1, -0.05) is 6.07 Å². The topological polar surface area (TPSA) is 57.5 Å². The van der Waals surface area contributed by atoms with Crippen LogP contribution in [0.5, 0.6) is 5.75 Å². The molecule has 0 atom stereocenters. The average Bonchev–Trinajstić information content (AvgIpc) is 2.12. The van der Waals surface area contributed by atoms with Crippen LogP contribution in [0.1, 0.15) is 11.1 Å². The molecule has 0 bridgehead atoms. The Kier molecular flexibility index (Phi) is 3.22. The second-order valence-electron chi connectivity index (χ2n) is 2.95. The van der Waals surface area contributed by atoms with Crippen molar-refractivity contribution in [2.24, 2.45) is 0 Å². The number of carboxylic acid groups (broad SMARTS) is 1. The number of phenols is 1. The molecule has 0 saturated heterocycles. The molecule has 3 nitrogen and oxygen atoms in total. The molecule has 86 valence electrons. The normalized spacial score (nSPS) is 11.9. The van der Waals surface area contributed by atoms with Crippen molar-refractivity contribution in [3.63, 3.8) is 0 Å². The molecule has 16 heavy (non-hydrogen) atoms. The van der Waals surface area contributed by atoms with Crippen LogP contribution in [0.4, 0.5) is 13.2 Å². The highest BCUT2D eigenvalue weighted by Crippen LogP contribution is 2.35. The number of halogens is 3. The van der Waals surface area contributed by atoms with Crippen LogP contribution in [-0.4, -0.2) is 16.2 Å². The molecule has 0 heterocycles. The summed E-state index contributed by atoms with van der Waals surface area (Å²) in [6.45, 7) is 0. The van der Waals surface area contributed by atoms with E-state index in [0.29, 0.717) is 6.07 Å². The first-order valence-electron chi connectivity index (χ1n) is 4.12. The zero-order chi connectivity index (χ0) is 12.3. The Morgan fingerprint density at radius 3 is 2.38 bits per heavy atom. The summed E-state index contributed by atoms with van der Waals surface area (Å²) in [5.41, 5.74) is -0.979. The molecule has 0 aromatic heterocycles. The van der Waals surface area contributed by atoms with Gasteiger partial charge in [0.1, 0.15) is 5.75 Å². The van der Waals surface area contributed by atoms with Crippen LogP contribution in [0.3, 0.4) is 0 Å². The van der Waals surface area contributed by atoms with Gasteiger partial charge in [-0.15, -0.1) is 0 Å². The molecule has 6 heteroatoms. The number of carboxylic acids is 1. The largest absolute Gasteiger partial charge is 0.507 e.